The van der Waals surface area contributed by atoms with Gasteiger partial charge in [0.25, 0.3) is 0 Å². The molecule has 2 aromatic carbocycles. The first-order chi connectivity index (χ1) is 11.4. The Kier molecular flexibility index (Phi) is 3.48. The van der Waals surface area contributed by atoms with Crippen molar-refractivity contribution in [3.05, 3.63) is 78.8 Å². The van der Waals surface area contributed by atoms with Gasteiger partial charge in [-0.05, 0) is 23.3 Å². The van der Waals surface area contributed by atoms with Crippen molar-refractivity contribution in [3.8, 4) is 11.1 Å². The highest BCUT2D eigenvalue weighted by Gasteiger charge is 2.03. The van der Waals surface area contributed by atoms with Crippen LogP contribution in [-0.2, 0) is 6.54 Å². The Morgan fingerprint density at radius 2 is 1.78 bits per heavy atom. The topological polar surface area (TPSA) is 53.6 Å². The number of aromatic amines is 1. The van der Waals surface area contributed by atoms with Crippen LogP contribution in [0.3, 0.4) is 0 Å². The molecule has 4 rings (SSSR count). The highest BCUT2D eigenvalue weighted by Crippen LogP contribution is 2.24. The molecule has 0 saturated heterocycles. The summed E-state index contributed by atoms with van der Waals surface area (Å²) < 4.78 is 0. The van der Waals surface area contributed by atoms with E-state index < -0.39 is 0 Å². The fourth-order valence-electron chi connectivity index (χ4n) is 2.61. The number of hydrogen-bond acceptors (Lipinski definition) is 3. The van der Waals surface area contributed by atoms with Crippen LogP contribution in [0.1, 0.15) is 5.56 Å². The van der Waals surface area contributed by atoms with Crippen LogP contribution in [0.2, 0.25) is 0 Å². The van der Waals surface area contributed by atoms with Crippen LogP contribution in [-0.4, -0.2) is 15.2 Å². The predicted octanol–water partition coefficient (Wildman–Crippen LogP) is 4.24. The molecule has 0 saturated carbocycles. The van der Waals surface area contributed by atoms with E-state index in [2.05, 4.69) is 56.9 Å². The summed E-state index contributed by atoms with van der Waals surface area (Å²) in [6, 6.07) is 18.7. The van der Waals surface area contributed by atoms with Gasteiger partial charge >= 0.3 is 0 Å². The minimum atomic E-state index is 0.783. The van der Waals surface area contributed by atoms with Gasteiger partial charge in [-0.1, -0.05) is 42.5 Å². The zero-order valence-corrected chi connectivity index (χ0v) is 12.5. The van der Waals surface area contributed by atoms with E-state index >= 15 is 0 Å². The lowest BCUT2D eigenvalue weighted by atomic mass is 10.1. The zero-order chi connectivity index (χ0) is 15.5. The van der Waals surface area contributed by atoms with Crippen LogP contribution in [0, 0.1) is 0 Å². The van der Waals surface area contributed by atoms with E-state index in [9.17, 15) is 0 Å². The maximum atomic E-state index is 4.35. The molecule has 4 heteroatoms. The molecule has 0 aliphatic carbocycles. The summed E-state index contributed by atoms with van der Waals surface area (Å²) in [5.74, 6) is 0. The van der Waals surface area contributed by atoms with Gasteiger partial charge in [-0.2, -0.15) is 5.10 Å². The van der Waals surface area contributed by atoms with E-state index in [1.807, 2.05) is 36.8 Å². The summed E-state index contributed by atoms with van der Waals surface area (Å²) in [4.78, 5) is 4.35. The molecule has 2 heterocycles. The first-order valence-corrected chi connectivity index (χ1v) is 7.55. The number of nitrogens with zero attached hydrogens (tertiary/aromatic N) is 2. The molecule has 0 spiro atoms. The quantitative estimate of drug-likeness (QED) is 0.593. The third kappa shape index (κ3) is 2.92. The number of benzene rings is 2. The lowest BCUT2D eigenvalue weighted by Crippen LogP contribution is -1.99. The van der Waals surface area contributed by atoms with E-state index in [1.165, 1.54) is 5.56 Å². The monoisotopic (exact) mass is 300 g/mol. The first kappa shape index (κ1) is 13.5. The van der Waals surface area contributed by atoms with E-state index in [4.69, 9.17) is 0 Å². The highest BCUT2D eigenvalue weighted by atomic mass is 15.1. The molecule has 0 unspecified atom stereocenters. The lowest BCUT2D eigenvalue weighted by Gasteiger charge is -2.08. The van der Waals surface area contributed by atoms with Gasteiger partial charge in [0.1, 0.15) is 0 Å². The number of rotatable bonds is 4. The second kappa shape index (κ2) is 5.93. The number of hydrogen-bond donors (Lipinski definition) is 2. The molecule has 0 aliphatic heterocycles. The fraction of sp³-hybridized carbons (Fsp3) is 0.0526. The molecule has 0 bridgehead atoms. The molecular formula is C19H16N4. The Balaban J connectivity index is 1.58. The molecule has 0 amide bonds. The summed E-state index contributed by atoms with van der Waals surface area (Å²) >= 11 is 0. The number of H-pyrrole nitrogens is 1. The summed E-state index contributed by atoms with van der Waals surface area (Å²) in [7, 11) is 0. The summed E-state index contributed by atoms with van der Waals surface area (Å²) in [6.07, 6.45) is 5.56. The molecule has 2 N–H and O–H groups in total. The van der Waals surface area contributed by atoms with Crippen molar-refractivity contribution in [2.75, 3.05) is 5.32 Å². The molecular weight excluding hydrogens is 284 g/mol. The second-order valence-electron chi connectivity index (χ2n) is 5.47. The summed E-state index contributed by atoms with van der Waals surface area (Å²) in [5, 5.41) is 11.6. The van der Waals surface area contributed by atoms with Gasteiger partial charge in [0.2, 0.25) is 0 Å². The average molecular weight is 300 g/mol. The van der Waals surface area contributed by atoms with Crippen molar-refractivity contribution in [1.29, 1.82) is 0 Å². The van der Waals surface area contributed by atoms with Crippen molar-refractivity contribution >= 4 is 16.6 Å². The van der Waals surface area contributed by atoms with E-state index in [-0.39, 0.29) is 0 Å². The zero-order valence-electron chi connectivity index (χ0n) is 12.5. The average Bonchev–Trinajstić information content (AvgIpc) is 3.09. The first-order valence-electron chi connectivity index (χ1n) is 7.55. The SMILES string of the molecule is c1ccc(CNc2cncc(-c3ccc4cn[nH]c4c3)c2)cc1. The van der Waals surface area contributed by atoms with Crippen molar-refractivity contribution in [1.82, 2.24) is 15.2 Å². The van der Waals surface area contributed by atoms with Gasteiger partial charge in [0.15, 0.2) is 0 Å². The molecule has 0 radical (unpaired) electrons. The van der Waals surface area contributed by atoms with E-state index in [0.29, 0.717) is 0 Å². The minimum Gasteiger partial charge on any atom is -0.380 e. The van der Waals surface area contributed by atoms with Crippen LogP contribution < -0.4 is 5.32 Å². The number of anilines is 1. The third-order valence-electron chi connectivity index (χ3n) is 3.85. The molecule has 2 aromatic heterocycles. The van der Waals surface area contributed by atoms with Crippen molar-refractivity contribution in [3.63, 3.8) is 0 Å². The summed E-state index contributed by atoms with van der Waals surface area (Å²) in [5.41, 5.74) is 5.50. The standard InChI is InChI=1S/C19H16N4/c1-2-4-14(5-3-1)10-21-18-8-17(11-20-13-18)15-6-7-16-12-22-23-19(16)9-15/h1-9,11-13,21H,10H2,(H,22,23). The van der Waals surface area contributed by atoms with Gasteiger partial charge < -0.3 is 5.32 Å². The largest absolute Gasteiger partial charge is 0.380 e. The number of fused-ring (bicyclic) bond motifs is 1. The number of aromatic nitrogens is 3. The Hall–Kier alpha value is -3.14. The van der Waals surface area contributed by atoms with Crippen LogP contribution >= 0.6 is 0 Å². The summed E-state index contributed by atoms with van der Waals surface area (Å²) in [6.45, 7) is 0.783. The van der Waals surface area contributed by atoms with Gasteiger partial charge in [0.05, 0.1) is 17.4 Å². The van der Waals surface area contributed by atoms with Gasteiger partial charge in [-0.15, -0.1) is 0 Å². The molecule has 4 nitrogen and oxygen atoms in total. The number of pyridine rings is 1. The molecule has 112 valence electrons. The smallest absolute Gasteiger partial charge is 0.0656 e. The number of nitrogens with one attached hydrogen (secondary N) is 2. The van der Waals surface area contributed by atoms with Gasteiger partial charge in [-0.3, -0.25) is 10.1 Å². The molecule has 0 fully saturated rings. The predicted molar refractivity (Wildman–Crippen MR) is 93.1 cm³/mol. The molecule has 23 heavy (non-hydrogen) atoms. The minimum absolute atomic E-state index is 0.783. The molecule has 0 aliphatic rings. The van der Waals surface area contributed by atoms with Crippen LogP contribution in [0.5, 0.6) is 0 Å². The second-order valence-corrected chi connectivity index (χ2v) is 5.47. The molecule has 4 aromatic rings. The fourth-order valence-corrected chi connectivity index (χ4v) is 2.61. The lowest BCUT2D eigenvalue weighted by molar-refractivity contribution is 1.12. The van der Waals surface area contributed by atoms with Crippen LogP contribution in [0.25, 0.3) is 22.0 Å². The Morgan fingerprint density at radius 1 is 0.870 bits per heavy atom. The Morgan fingerprint density at radius 3 is 2.70 bits per heavy atom. The maximum Gasteiger partial charge on any atom is 0.0656 e. The van der Waals surface area contributed by atoms with Crippen LogP contribution in [0.15, 0.2) is 73.2 Å². The van der Waals surface area contributed by atoms with Crippen molar-refractivity contribution in [2.24, 2.45) is 0 Å². The normalized spacial score (nSPS) is 10.8. The van der Waals surface area contributed by atoms with E-state index in [0.717, 1.165) is 34.3 Å². The van der Waals surface area contributed by atoms with E-state index in [1.54, 1.807) is 0 Å². The van der Waals surface area contributed by atoms with Gasteiger partial charge in [0, 0.05) is 29.9 Å². The van der Waals surface area contributed by atoms with Crippen molar-refractivity contribution in [2.45, 2.75) is 6.54 Å². The maximum absolute atomic E-state index is 4.35. The van der Waals surface area contributed by atoms with Crippen molar-refractivity contribution < 1.29 is 0 Å². The highest BCUT2D eigenvalue weighted by molar-refractivity contribution is 5.84. The third-order valence-corrected chi connectivity index (χ3v) is 3.85. The Labute approximate surface area is 134 Å². The van der Waals surface area contributed by atoms with Gasteiger partial charge in [-0.25, -0.2) is 0 Å². The Bertz CT molecular complexity index is 928. The van der Waals surface area contributed by atoms with Crippen LogP contribution in [0.4, 0.5) is 5.69 Å². The molecule has 0 atom stereocenters.